The molecule has 0 atom stereocenters. The third kappa shape index (κ3) is 3.46. The molecule has 2 aromatic rings. The molecule has 4 rings (SSSR count). The lowest BCUT2D eigenvalue weighted by atomic mass is 10.0. The van der Waals surface area contributed by atoms with Gasteiger partial charge in [0.15, 0.2) is 0 Å². The second kappa shape index (κ2) is 7.33. The van der Waals surface area contributed by atoms with Crippen LogP contribution in [0.5, 0.6) is 0 Å². The Labute approximate surface area is 155 Å². The number of rotatable bonds is 2. The van der Waals surface area contributed by atoms with Crippen molar-refractivity contribution in [2.45, 2.75) is 25.8 Å². The van der Waals surface area contributed by atoms with Crippen LogP contribution in [0.15, 0.2) is 30.5 Å². The van der Waals surface area contributed by atoms with Crippen LogP contribution >= 0.6 is 0 Å². The van der Waals surface area contributed by atoms with E-state index in [0.29, 0.717) is 6.04 Å². The number of piperidine rings is 1. The molecular formula is C21H28N4O. The van der Waals surface area contributed by atoms with Crippen molar-refractivity contribution in [1.29, 1.82) is 0 Å². The van der Waals surface area contributed by atoms with Gasteiger partial charge in [0.2, 0.25) is 0 Å². The number of aryl methyl sites for hydroxylation is 1. The SMILES string of the molecule is Cc1ccc2nccc(C(=O)N3CCN(C4CCN(C)CC4)CC3)c2c1. The predicted octanol–water partition coefficient (Wildman–Crippen LogP) is 2.40. The molecule has 2 aliphatic rings. The summed E-state index contributed by atoms with van der Waals surface area (Å²) in [4.78, 5) is 24.5. The Balaban J connectivity index is 1.45. The molecule has 0 spiro atoms. The Morgan fingerprint density at radius 1 is 1.04 bits per heavy atom. The molecule has 0 aliphatic carbocycles. The third-order valence-electron chi connectivity index (χ3n) is 5.93. The van der Waals surface area contributed by atoms with Gasteiger partial charge in [0.05, 0.1) is 11.1 Å². The molecule has 1 amide bonds. The van der Waals surface area contributed by atoms with Crippen molar-refractivity contribution in [1.82, 2.24) is 19.7 Å². The Morgan fingerprint density at radius 3 is 2.50 bits per heavy atom. The number of benzene rings is 1. The number of fused-ring (bicyclic) bond motifs is 1. The molecule has 2 fully saturated rings. The fraction of sp³-hybridized carbons (Fsp3) is 0.524. The van der Waals surface area contributed by atoms with Crippen LogP contribution in [-0.2, 0) is 0 Å². The van der Waals surface area contributed by atoms with Gasteiger partial charge in [-0.1, -0.05) is 11.6 Å². The molecular weight excluding hydrogens is 324 g/mol. The standard InChI is InChI=1S/C21H28N4O/c1-16-3-4-20-19(15-16)18(5-8-22-20)21(26)25-13-11-24(12-14-25)17-6-9-23(2)10-7-17/h3-5,8,15,17H,6-7,9-14H2,1-2H3. The van der Waals surface area contributed by atoms with Crippen LogP contribution in [0.2, 0.25) is 0 Å². The summed E-state index contributed by atoms with van der Waals surface area (Å²) in [5.74, 6) is 0.144. The third-order valence-corrected chi connectivity index (χ3v) is 5.93. The van der Waals surface area contributed by atoms with Gasteiger partial charge >= 0.3 is 0 Å². The molecule has 0 radical (unpaired) electrons. The molecule has 5 heteroatoms. The lowest BCUT2D eigenvalue weighted by Crippen LogP contribution is -2.54. The molecule has 2 aliphatic heterocycles. The van der Waals surface area contributed by atoms with E-state index in [1.807, 2.05) is 23.1 Å². The first-order valence-corrected chi connectivity index (χ1v) is 9.69. The van der Waals surface area contributed by atoms with Crippen LogP contribution in [0.25, 0.3) is 10.9 Å². The summed E-state index contributed by atoms with van der Waals surface area (Å²) in [5.41, 5.74) is 2.84. The van der Waals surface area contributed by atoms with Crippen LogP contribution in [0.4, 0.5) is 0 Å². The van der Waals surface area contributed by atoms with E-state index in [4.69, 9.17) is 0 Å². The Kier molecular flexibility index (Phi) is 4.92. The van der Waals surface area contributed by atoms with Crippen LogP contribution in [0, 0.1) is 6.92 Å². The van der Waals surface area contributed by atoms with Crippen molar-refractivity contribution in [2.75, 3.05) is 46.3 Å². The summed E-state index contributed by atoms with van der Waals surface area (Å²) in [6.45, 7) is 8.05. The van der Waals surface area contributed by atoms with Gasteiger partial charge in [-0.2, -0.15) is 0 Å². The highest BCUT2D eigenvalue weighted by molar-refractivity contribution is 6.06. The zero-order valence-electron chi connectivity index (χ0n) is 15.8. The Hall–Kier alpha value is -1.98. The first-order chi connectivity index (χ1) is 12.6. The fourth-order valence-electron chi connectivity index (χ4n) is 4.27. The first-order valence-electron chi connectivity index (χ1n) is 9.69. The van der Waals surface area contributed by atoms with Crippen molar-refractivity contribution < 1.29 is 4.79 Å². The minimum atomic E-state index is 0.144. The summed E-state index contributed by atoms with van der Waals surface area (Å²) >= 11 is 0. The Morgan fingerprint density at radius 2 is 1.77 bits per heavy atom. The van der Waals surface area contributed by atoms with E-state index >= 15 is 0 Å². The van der Waals surface area contributed by atoms with E-state index < -0.39 is 0 Å². The second-order valence-electron chi connectivity index (χ2n) is 7.74. The van der Waals surface area contributed by atoms with Gasteiger partial charge in [0.1, 0.15) is 0 Å². The normalized spacial score (nSPS) is 20.6. The molecule has 0 bridgehead atoms. The van der Waals surface area contributed by atoms with Crippen molar-refractivity contribution >= 4 is 16.8 Å². The summed E-state index contributed by atoms with van der Waals surface area (Å²) in [7, 11) is 2.20. The van der Waals surface area contributed by atoms with Gasteiger partial charge in [-0.3, -0.25) is 14.7 Å². The molecule has 2 saturated heterocycles. The average Bonchev–Trinajstić information content (AvgIpc) is 2.68. The second-order valence-corrected chi connectivity index (χ2v) is 7.74. The number of likely N-dealkylation sites (tertiary alicyclic amines) is 1. The van der Waals surface area contributed by atoms with Crippen molar-refractivity contribution in [3.05, 3.63) is 41.6 Å². The van der Waals surface area contributed by atoms with Gasteiger partial charge in [0, 0.05) is 43.8 Å². The lowest BCUT2D eigenvalue weighted by molar-refractivity contribution is 0.0476. The minimum Gasteiger partial charge on any atom is -0.336 e. The van der Waals surface area contributed by atoms with E-state index in [1.54, 1.807) is 6.20 Å². The maximum Gasteiger partial charge on any atom is 0.254 e. The number of carbonyl (C=O) groups excluding carboxylic acids is 1. The first kappa shape index (κ1) is 17.4. The summed E-state index contributed by atoms with van der Waals surface area (Å²) in [6, 6.07) is 8.68. The number of hydrogen-bond acceptors (Lipinski definition) is 4. The molecule has 1 aromatic heterocycles. The molecule has 0 unspecified atom stereocenters. The van der Waals surface area contributed by atoms with Gasteiger partial charge in [-0.25, -0.2) is 0 Å². The highest BCUT2D eigenvalue weighted by Crippen LogP contribution is 2.22. The smallest absolute Gasteiger partial charge is 0.254 e. The highest BCUT2D eigenvalue weighted by Gasteiger charge is 2.28. The van der Waals surface area contributed by atoms with E-state index in [1.165, 1.54) is 25.9 Å². The van der Waals surface area contributed by atoms with Crippen LogP contribution in [-0.4, -0.2) is 77.9 Å². The lowest BCUT2D eigenvalue weighted by Gasteiger charge is -2.42. The van der Waals surface area contributed by atoms with Gasteiger partial charge in [-0.15, -0.1) is 0 Å². The van der Waals surface area contributed by atoms with Gasteiger partial charge in [0.25, 0.3) is 5.91 Å². The molecule has 0 saturated carbocycles. The quantitative estimate of drug-likeness (QED) is 0.832. The minimum absolute atomic E-state index is 0.144. The number of amides is 1. The number of hydrogen-bond donors (Lipinski definition) is 0. The average molecular weight is 352 g/mol. The van der Waals surface area contributed by atoms with Crippen LogP contribution < -0.4 is 0 Å². The number of carbonyl (C=O) groups is 1. The number of pyridine rings is 1. The zero-order chi connectivity index (χ0) is 18.1. The zero-order valence-corrected chi connectivity index (χ0v) is 15.8. The van der Waals surface area contributed by atoms with E-state index in [2.05, 4.69) is 34.8 Å². The molecule has 138 valence electrons. The fourth-order valence-corrected chi connectivity index (χ4v) is 4.27. The van der Waals surface area contributed by atoms with Crippen molar-refractivity contribution in [2.24, 2.45) is 0 Å². The summed E-state index contributed by atoms with van der Waals surface area (Å²) in [6.07, 6.45) is 4.25. The largest absolute Gasteiger partial charge is 0.336 e. The van der Waals surface area contributed by atoms with E-state index in [9.17, 15) is 4.79 Å². The van der Waals surface area contributed by atoms with E-state index in [0.717, 1.165) is 48.2 Å². The van der Waals surface area contributed by atoms with Crippen molar-refractivity contribution in [3.8, 4) is 0 Å². The Bertz CT molecular complexity index is 790. The van der Waals surface area contributed by atoms with Crippen LogP contribution in [0.3, 0.4) is 0 Å². The monoisotopic (exact) mass is 352 g/mol. The summed E-state index contributed by atoms with van der Waals surface area (Å²) < 4.78 is 0. The molecule has 5 nitrogen and oxygen atoms in total. The number of aromatic nitrogens is 1. The van der Waals surface area contributed by atoms with Crippen molar-refractivity contribution in [3.63, 3.8) is 0 Å². The predicted molar refractivity (Wildman–Crippen MR) is 104 cm³/mol. The molecule has 3 heterocycles. The number of piperazine rings is 1. The molecule has 26 heavy (non-hydrogen) atoms. The maximum absolute atomic E-state index is 13.1. The molecule has 0 N–H and O–H groups in total. The molecule has 1 aromatic carbocycles. The topological polar surface area (TPSA) is 39.7 Å². The van der Waals surface area contributed by atoms with Gasteiger partial charge < -0.3 is 9.80 Å². The summed E-state index contributed by atoms with van der Waals surface area (Å²) in [5, 5.41) is 0.968. The van der Waals surface area contributed by atoms with Crippen LogP contribution in [0.1, 0.15) is 28.8 Å². The van der Waals surface area contributed by atoms with Gasteiger partial charge in [-0.05, 0) is 58.1 Å². The highest BCUT2D eigenvalue weighted by atomic mass is 16.2. The van der Waals surface area contributed by atoms with E-state index in [-0.39, 0.29) is 5.91 Å². The maximum atomic E-state index is 13.1. The number of nitrogens with zero attached hydrogens (tertiary/aromatic N) is 4.